The van der Waals surface area contributed by atoms with Gasteiger partial charge in [0, 0.05) is 16.9 Å². The molecule has 6 nitrogen and oxygen atoms in total. The molecule has 0 aliphatic heterocycles. The van der Waals surface area contributed by atoms with Crippen molar-refractivity contribution >= 4 is 28.1 Å². The van der Waals surface area contributed by atoms with Crippen LogP contribution < -0.4 is 5.32 Å². The quantitative estimate of drug-likeness (QED) is 0.329. The second kappa shape index (κ2) is 8.96. The first-order chi connectivity index (χ1) is 16.2. The number of nitrogens with zero attached hydrogens (tertiary/aromatic N) is 2. The largest absolute Gasteiger partial charge is 0.465 e. The lowest BCUT2D eigenvalue weighted by Gasteiger charge is -2.07. The number of fused-ring (bicyclic) bond motifs is 1. The summed E-state index contributed by atoms with van der Waals surface area (Å²) in [6.45, 7) is 0. The van der Waals surface area contributed by atoms with Gasteiger partial charge in [-0.25, -0.2) is 4.79 Å². The molecule has 0 fully saturated rings. The Morgan fingerprint density at radius 3 is 2.33 bits per heavy atom. The molecular weight excluding hydrogens is 414 g/mol. The Morgan fingerprint density at radius 1 is 0.879 bits per heavy atom. The number of carbonyl (C=O) groups excluding carboxylic acids is 1. The van der Waals surface area contributed by atoms with Gasteiger partial charge in [-0.1, -0.05) is 47.6 Å². The number of aromatic nitrogens is 2. The van der Waals surface area contributed by atoms with E-state index >= 15 is 0 Å². The molecule has 0 aliphatic rings. The lowest BCUT2D eigenvalue weighted by molar-refractivity contribution is 0.0601. The van der Waals surface area contributed by atoms with E-state index in [2.05, 4.69) is 39.7 Å². The summed E-state index contributed by atoms with van der Waals surface area (Å²) in [5, 5.41) is 9.85. The summed E-state index contributed by atoms with van der Waals surface area (Å²) in [6, 6.07) is 29.4. The van der Waals surface area contributed by atoms with Crippen molar-refractivity contribution in [2.24, 2.45) is 0 Å². The van der Waals surface area contributed by atoms with Crippen molar-refractivity contribution in [3.63, 3.8) is 0 Å². The van der Waals surface area contributed by atoms with E-state index in [0.717, 1.165) is 22.5 Å². The summed E-state index contributed by atoms with van der Waals surface area (Å²) in [5.74, 6) is 0.777. The van der Waals surface area contributed by atoms with Crippen LogP contribution in [0.1, 0.15) is 21.8 Å². The average Bonchev–Trinajstić information content (AvgIpc) is 3.33. The normalized spacial score (nSPS) is 10.8. The zero-order chi connectivity index (χ0) is 22.6. The van der Waals surface area contributed by atoms with Gasteiger partial charge in [0.05, 0.1) is 19.1 Å². The van der Waals surface area contributed by atoms with Crippen LogP contribution in [0, 0.1) is 0 Å². The van der Waals surface area contributed by atoms with E-state index in [4.69, 9.17) is 9.26 Å². The van der Waals surface area contributed by atoms with E-state index in [-0.39, 0.29) is 5.97 Å². The highest BCUT2D eigenvalue weighted by atomic mass is 16.5. The van der Waals surface area contributed by atoms with Crippen molar-refractivity contribution < 1.29 is 14.1 Å². The van der Waals surface area contributed by atoms with Crippen LogP contribution in [0.15, 0.2) is 95.5 Å². The topological polar surface area (TPSA) is 77.2 Å². The molecule has 1 heterocycles. The zero-order valence-corrected chi connectivity index (χ0v) is 18.0. The van der Waals surface area contributed by atoms with Crippen LogP contribution in [-0.4, -0.2) is 23.2 Å². The van der Waals surface area contributed by atoms with E-state index in [1.807, 2.05) is 54.6 Å². The van der Waals surface area contributed by atoms with Gasteiger partial charge in [-0.15, -0.1) is 0 Å². The molecule has 162 valence electrons. The zero-order valence-electron chi connectivity index (χ0n) is 18.0. The average molecular weight is 435 g/mol. The SMILES string of the molecule is COC(=O)c1ccc(Nc2ccc(-c3noc(Cc4cccc5ccccc45)n3)cc2)cc1. The molecule has 0 saturated carbocycles. The predicted molar refractivity (Wildman–Crippen MR) is 128 cm³/mol. The minimum Gasteiger partial charge on any atom is -0.465 e. The molecule has 0 aliphatic carbocycles. The van der Waals surface area contributed by atoms with Crippen molar-refractivity contribution in [2.75, 3.05) is 12.4 Å². The molecule has 33 heavy (non-hydrogen) atoms. The van der Waals surface area contributed by atoms with Crippen LogP contribution in [0.3, 0.4) is 0 Å². The van der Waals surface area contributed by atoms with Crippen LogP contribution >= 0.6 is 0 Å². The third-order valence-corrected chi connectivity index (χ3v) is 5.43. The van der Waals surface area contributed by atoms with Crippen LogP contribution in [0.25, 0.3) is 22.2 Å². The Labute approximate surface area is 190 Å². The Bertz CT molecular complexity index is 1400. The van der Waals surface area contributed by atoms with Crippen LogP contribution in [0.2, 0.25) is 0 Å². The lowest BCUT2D eigenvalue weighted by Crippen LogP contribution is -2.00. The van der Waals surface area contributed by atoms with Gasteiger partial charge < -0.3 is 14.6 Å². The van der Waals surface area contributed by atoms with E-state index in [9.17, 15) is 4.79 Å². The number of benzene rings is 4. The summed E-state index contributed by atoms with van der Waals surface area (Å²) < 4.78 is 10.2. The van der Waals surface area contributed by atoms with Gasteiger partial charge in [0.25, 0.3) is 0 Å². The maximum absolute atomic E-state index is 11.6. The molecule has 0 radical (unpaired) electrons. The number of hydrogen-bond acceptors (Lipinski definition) is 6. The predicted octanol–water partition coefficient (Wildman–Crippen LogP) is 6.01. The van der Waals surface area contributed by atoms with E-state index < -0.39 is 0 Å². The third kappa shape index (κ3) is 4.45. The molecule has 5 rings (SSSR count). The van der Waals surface area contributed by atoms with Gasteiger partial charge >= 0.3 is 5.97 Å². The number of ether oxygens (including phenoxy) is 1. The number of esters is 1. The highest BCUT2D eigenvalue weighted by Gasteiger charge is 2.11. The minimum absolute atomic E-state index is 0.356. The van der Waals surface area contributed by atoms with Crippen molar-refractivity contribution in [2.45, 2.75) is 6.42 Å². The number of methoxy groups -OCH3 is 1. The molecule has 4 aromatic carbocycles. The highest BCUT2D eigenvalue weighted by molar-refractivity contribution is 5.89. The molecule has 1 aromatic heterocycles. The first-order valence-electron chi connectivity index (χ1n) is 10.5. The van der Waals surface area contributed by atoms with E-state index in [0.29, 0.717) is 23.7 Å². The number of carbonyl (C=O) groups is 1. The maximum Gasteiger partial charge on any atom is 0.337 e. The number of anilines is 2. The molecule has 0 unspecified atom stereocenters. The van der Waals surface area contributed by atoms with Crippen molar-refractivity contribution in [1.82, 2.24) is 10.1 Å². The Balaban J connectivity index is 1.28. The van der Waals surface area contributed by atoms with Gasteiger partial charge in [0.15, 0.2) is 0 Å². The second-order valence-electron chi connectivity index (χ2n) is 7.60. The summed E-state index contributed by atoms with van der Waals surface area (Å²) >= 11 is 0. The molecule has 5 aromatic rings. The first kappa shape index (κ1) is 20.5. The Kier molecular flexibility index (Phi) is 5.55. The van der Waals surface area contributed by atoms with Crippen LogP contribution in [-0.2, 0) is 11.2 Å². The number of rotatable bonds is 6. The molecular formula is C27H21N3O3. The van der Waals surface area contributed by atoms with Gasteiger partial charge in [0.1, 0.15) is 0 Å². The molecule has 0 bridgehead atoms. The molecule has 0 amide bonds. The highest BCUT2D eigenvalue weighted by Crippen LogP contribution is 2.24. The van der Waals surface area contributed by atoms with Gasteiger partial charge in [-0.05, 0) is 64.9 Å². The first-order valence-corrected chi connectivity index (χ1v) is 10.5. The smallest absolute Gasteiger partial charge is 0.337 e. The maximum atomic E-state index is 11.6. The number of hydrogen-bond donors (Lipinski definition) is 1. The van der Waals surface area contributed by atoms with Gasteiger partial charge in [-0.2, -0.15) is 4.98 Å². The lowest BCUT2D eigenvalue weighted by atomic mass is 10.0. The summed E-state index contributed by atoms with van der Waals surface area (Å²) in [5.41, 5.74) is 4.31. The van der Waals surface area contributed by atoms with Crippen molar-refractivity contribution in [1.29, 1.82) is 0 Å². The Morgan fingerprint density at radius 2 is 1.58 bits per heavy atom. The fraction of sp³-hybridized carbons (Fsp3) is 0.0741. The number of nitrogens with one attached hydrogen (secondary N) is 1. The fourth-order valence-electron chi connectivity index (χ4n) is 3.73. The second-order valence-corrected chi connectivity index (χ2v) is 7.60. The van der Waals surface area contributed by atoms with Crippen molar-refractivity contribution in [3.8, 4) is 11.4 Å². The molecule has 6 heteroatoms. The summed E-state index contributed by atoms with van der Waals surface area (Å²) in [7, 11) is 1.37. The van der Waals surface area contributed by atoms with Gasteiger partial charge in [0.2, 0.25) is 11.7 Å². The Hall–Kier alpha value is -4.45. The van der Waals surface area contributed by atoms with Gasteiger partial charge in [-0.3, -0.25) is 0 Å². The monoisotopic (exact) mass is 435 g/mol. The van der Waals surface area contributed by atoms with Crippen molar-refractivity contribution in [3.05, 3.63) is 108 Å². The summed E-state index contributed by atoms with van der Waals surface area (Å²) in [4.78, 5) is 16.1. The summed E-state index contributed by atoms with van der Waals surface area (Å²) in [6.07, 6.45) is 0.579. The van der Waals surface area contributed by atoms with E-state index in [1.54, 1.807) is 12.1 Å². The third-order valence-electron chi connectivity index (χ3n) is 5.43. The molecule has 0 saturated heterocycles. The molecule has 0 spiro atoms. The standard InChI is InChI=1S/C27H21N3O3/c1-32-27(31)20-11-15-23(16-12-20)28-22-13-9-19(10-14-22)26-29-25(33-30-26)17-21-7-4-6-18-5-2-3-8-24(18)21/h2-16,28H,17H2,1H3. The minimum atomic E-state index is -0.356. The molecule has 1 N–H and O–H groups in total. The van der Waals surface area contributed by atoms with Crippen LogP contribution in [0.4, 0.5) is 11.4 Å². The van der Waals surface area contributed by atoms with E-state index in [1.165, 1.54) is 17.9 Å². The fourth-order valence-corrected chi connectivity index (χ4v) is 3.73. The van der Waals surface area contributed by atoms with Crippen LogP contribution in [0.5, 0.6) is 0 Å². The molecule has 0 atom stereocenters.